The largest absolute Gasteiger partial charge is 0.379 e. The first-order valence-corrected chi connectivity index (χ1v) is 4.88. The van der Waals surface area contributed by atoms with E-state index in [-0.39, 0.29) is 11.0 Å². The second-order valence-corrected chi connectivity index (χ2v) is 4.68. The Morgan fingerprint density at radius 2 is 1.69 bits per heavy atom. The van der Waals surface area contributed by atoms with E-state index < -0.39 is 0 Å². The van der Waals surface area contributed by atoms with Crippen LogP contribution in [0.2, 0.25) is 0 Å². The molecule has 0 saturated heterocycles. The Balaban J connectivity index is 4.32. The van der Waals surface area contributed by atoms with Crippen LogP contribution in [-0.4, -0.2) is 12.7 Å². The van der Waals surface area contributed by atoms with Crippen molar-refractivity contribution < 1.29 is 4.74 Å². The molecule has 0 aliphatic heterocycles. The molecular weight excluding hydrogens is 160 g/mol. The van der Waals surface area contributed by atoms with E-state index in [1.165, 1.54) is 0 Å². The first-order chi connectivity index (χ1) is 5.83. The molecule has 0 N–H and O–H groups in total. The summed E-state index contributed by atoms with van der Waals surface area (Å²) < 4.78 is 5.39. The van der Waals surface area contributed by atoms with Crippen LogP contribution in [0.5, 0.6) is 0 Å². The third-order valence-corrected chi connectivity index (χ3v) is 2.02. The molecule has 0 radical (unpaired) electrons. The lowest BCUT2D eigenvalue weighted by Crippen LogP contribution is -2.29. The fourth-order valence-electron chi connectivity index (χ4n) is 1.51. The Kier molecular flexibility index (Phi) is 4.50. The van der Waals surface area contributed by atoms with Crippen LogP contribution in [0, 0.1) is 17.3 Å². The molecule has 1 nitrogen and oxygen atoms in total. The van der Waals surface area contributed by atoms with Gasteiger partial charge in [-0.15, -0.1) is 5.92 Å². The van der Waals surface area contributed by atoms with Crippen LogP contribution in [0.15, 0.2) is 0 Å². The Morgan fingerprint density at radius 1 is 1.15 bits per heavy atom. The highest BCUT2D eigenvalue weighted by atomic mass is 16.5. The van der Waals surface area contributed by atoms with Crippen molar-refractivity contribution in [2.75, 3.05) is 7.11 Å². The van der Waals surface area contributed by atoms with Crippen LogP contribution in [-0.2, 0) is 4.74 Å². The zero-order valence-corrected chi connectivity index (χ0v) is 9.82. The zero-order chi connectivity index (χ0) is 10.5. The van der Waals surface area contributed by atoms with Gasteiger partial charge >= 0.3 is 0 Å². The minimum absolute atomic E-state index is 0.0511. The third kappa shape index (κ3) is 5.71. The van der Waals surface area contributed by atoms with E-state index in [1.807, 2.05) is 0 Å². The predicted octanol–water partition coefficient (Wildman–Crippen LogP) is 3.24. The second kappa shape index (κ2) is 4.67. The van der Waals surface area contributed by atoms with E-state index >= 15 is 0 Å². The van der Waals surface area contributed by atoms with Crippen molar-refractivity contribution in [3.05, 3.63) is 0 Å². The number of methoxy groups -OCH3 is 1. The SMILES string of the molecule is CCC#CC(C)(C)CC(C)(C)OC. The zero-order valence-electron chi connectivity index (χ0n) is 9.82. The molecule has 0 aliphatic carbocycles. The molecule has 0 saturated carbocycles. The maximum atomic E-state index is 5.39. The molecule has 0 aromatic rings. The van der Waals surface area contributed by atoms with Gasteiger partial charge in [-0.3, -0.25) is 0 Å². The summed E-state index contributed by atoms with van der Waals surface area (Å²) in [6.45, 7) is 10.6. The van der Waals surface area contributed by atoms with Crippen molar-refractivity contribution in [3.8, 4) is 11.8 Å². The van der Waals surface area contributed by atoms with E-state index in [4.69, 9.17) is 4.74 Å². The van der Waals surface area contributed by atoms with Crippen LogP contribution >= 0.6 is 0 Å². The summed E-state index contributed by atoms with van der Waals surface area (Å²) in [7, 11) is 1.75. The average molecular weight is 182 g/mol. The van der Waals surface area contributed by atoms with Gasteiger partial charge < -0.3 is 4.74 Å². The highest BCUT2D eigenvalue weighted by Crippen LogP contribution is 2.28. The molecule has 0 amide bonds. The Labute approximate surface area is 82.9 Å². The van der Waals surface area contributed by atoms with Gasteiger partial charge in [-0.05, 0) is 34.1 Å². The molecule has 0 unspecified atom stereocenters. The van der Waals surface area contributed by atoms with E-state index in [0.29, 0.717) is 0 Å². The molecule has 0 aliphatic rings. The quantitative estimate of drug-likeness (QED) is 0.609. The summed E-state index contributed by atoms with van der Waals surface area (Å²) in [6.07, 6.45) is 1.89. The molecule has 0 spiro atoms. The van der Waals surface area contributed by atoms with E-state index in [9.17, 15) is 0 Å². The van der Waals surface area contributed by atoms with Gasteiger partial charge in [0.25, 0.3) is 0 Å². The predicted molar refractivity (Wildman–Crippen MR) is 57.6 cm³/mol. The molecular formula is C12H22O. The van der Waals surface area contributed by atoms with E-state index in [0.717, 1.165) is 12.8 Å². The molecule has 13 heavy (non-hydrogen) atoms. The molecule has 0 bridgehead atoms. The monoisotopic (exact) mass is 182 g/mol. The summed E-state index contributed by atoms with van der Waals surface area (Å²) in [4.78, 5) is 0. The number of rotatable bonds is 3. The Bertz CT molecular complexity index is 203. The van der Waals surface area contributed by atoms with E-state index in [2.05, 4.69) is 46.5 Å². The van der Waals surface area contributed by atoms with Crippen LogP contribution < -0.4 is 0 Å². The molecule has 0 aromatic carbocycles. The lowest BCUT2D eigenvalue weighted by atomic mass is 9.82. The summed E-state index contributed by atoms with van der Waals surface area (Å²) in [5.74, 6) is 6.40. The molecule has 0 fully saturated rings. The minimum atomic E-state index is -0.0775. The second-order valence-electron chi connectivity index (χ2n) is 4.68. The average Bonchev–Trinajstić information content (AvgIpc) is 1.99. The van der Waals surface area contributed by atoms with Crippen molar-refractivity contribution in [2.24, 2.45) is 5.41 Å². The maximum absolute atomic E-state index is 5.39. The summed E-state index contributed by atoms with van der Waals surface area (Å²) in [5.41, 5.74) is -0.0263. The molecule has 0 rings (SSSR count). The first-order valence-electron chi connectivity index (χ1n) is 4.88. The van der Waals surface area contributed by atoms with Gasteiger partial charge in [0.2, 0.25) is 0 Å². The van der Waals surface area contributed by atoms with Gasteiger partial charge in [0.05, 0.1) is 5.60 Å². The Hall–Kier alpha value is -0.480. The molecule has 0 aromatic heterocycles. The molecule has 0 heterocycles. The number of hydrogen-bond donors (Lipinski definition) is 0. The minimum Gasteiger partial charge on any atom is -0.379 e. The van der Waals surface area contributed by atoms with Crippen molar-refractivity contribution in [1.29, 1.82) is 0 Å². The lowest BCUT2D eigenvalue weighted by Gasteiger charge is -2.30. The molecule has 1 heteroatoms. The summed E-state index contributed by atoms with van der Waals surface area (Å²) in [5, 5.41) is 0. The van der Waals surface area contributed by atoms with Crippen molar-refractivity contribution in [3.63, 3.8) is 0 Å². The fraction of sp³-hybridized carbons (Fsp3) is 0.833. The van der Waals surface area contributed by atoms with Crippen molar-refractivity contribution in [2.45, 2.75) is 53.1 Å². The topological polar surface area (TPSA) is 9.23 Å². The van der Waals surface area contributed by atoms with Gasteiger partial charge in [-0.1, -0.05) is 12.8 Å². The number of ether oxygens (including phenoxy) is 1. The normalized spacial score (nSPS) is 12.2. The summed E-state index contributed by atoms with van der Waals surface area (Å²) in [6, 6.07) is 0. The first kappa shape index (κ1) is 12.5. The number of hydrogen-bond acceptors (Lipinski definition) is 1. The van der Waals surface area contributed by atoms with Crippen molar-refractivity contribution in [1.82, 2.24) is 0 Å². The van der Waals surface area contributed by atoms with Gasteiger partial charge in [0.1, 0.15) is 0 Å². The third-order valence-electron chi connectivity index (χ3n) is 2.02. The van der Waals surface area contributed by atoms with Gasteiger partial charge in [0, 0.05) is 18.9 Å². The Morgan fingerprint density at radius 3 is 2.08 bits per heavy atom. The lowest BCUT2D eigenvalue weighted by molar-refractivity contribution is -0.00305. The fourth-order valence-corrected chi connectivity index (χ4v) is 1.51. The van der Waals surface area contributed by atoms with Gasteiger partial charge in [0.15, 0.2) is 0 Å². The smallest absolute Gasteiger partial charge is 0.0637 e. The van der Waals surface area contributed by atoms with E-state index in [1.54, 1.807) is 7.11 Å². The highest BCUT2D eigenvalue weighted by Gasteiger charge is 2.26. The highest BCUT2D eigenvalue weighted by molar-refractivity contribution is 5.09. The molecule has 0 atom stereocenters. The standard InChI is InChI=1S/C12H22O/c1-7-8-9-11(2,3)10-12(4,5)13-6/h7,10H2,1-6H3. The van der Waals surface area contributed by atoms with Crippen molar-refractivity contribution >= 4 is 0 Å². The summed E-state index contributed by atoms with van der Waals surface area (Å²) >= 11 is 0. The molecule has 76 valence electrons. The van der Waals surface area contributed by atoms with Crippen LogP contribution in [0.3, 0.4) is 0 Å². The maximum Gasteiger partial charge on any atom is 0.0637 e. The van der Waals surface area contributed by atoms with Crippen LogP contribution in [0.1, 0.15) is 47.5 Å². The van der Waals surface area contributed by atoms with Crippen LogP contribution in [0.25, 0.3) is 0 Å². The van der Waals surface area contributed by atoms with Gasteiger partial charge in [-0.25, -0.2) is 0 Å². The van der Waals surface area contributed by atoms with Crippen LogP contribution in [0.4, 0.5) is 0 Å². The van der Waals surface area contributed by atoms with Gasteiger partial charge in [-0.2, -0.15) is 0 Å².